The van der Waals surface area contributed by atoms with Crippen LogP contribution < -0.4 is 0 Å². The van der Waals surface area contributed by atoms with Crippen molar-refractivity contribution in [3.8, 4) is 0 Å². The van der Waals surface area contributed by atoms with Crippen molar-refractivity contribution in [1.82, 2.24) is 0 Å². The van der Waals surface area contributed by atoms with Crippen molar-refractivity contribution in [2.24, 2.45) is 5.16 Å². The van der Waals surface area contributed by atoms with Crippen molar-refractivity contribution in [2.75, 3.05) is 12.4 Å². The van der Waals surface area contributed by atoms with Gasteiger partial charge in [-0.15, -0.1) is 23.2 Å². The quantitative estimate of drug-likeness (QED) is 0.420. The van der Waals surface area contributed by atoms with E-state index >= 15 is 0 Å². The molecule has 0 aromatic rings. The highest BCUT2D eigenvalue weighted by Crippen LogP contribution is 2.00. The average molecular weight is 277 g/mol. The summed E-state index contributed by atoms with van der Waals surface area (Å²) in [4.78, 5) is 13.7. The number of hydrogen-bond acceptors (Lipinski definition) is 4. The van der Waals surface area contributed by atoms with Crippen molar-refractivity contribution < 1.29 is 14.4 Å². The molecule has 0 amide bonds. The second-order valence-electron chi connectivity index (χ2n) is 1.93. The number of carbonyl (C=O) groups excluding carboxylic acids is 1. The maximum atomic E-state index is 9.21. The number of rotatable bonds is 1. The Morgan fingerprint density at radius 1 is 1.67 bits per heavy atom. The Morgan fingerprint density at radius 2 is 2.13 bits per heavy atom. The van der Waals surface area contributed by atoms with Gasteiger partial charge in [0.2, 0.25) is 11.1 Å². The Hall–Kier alpha value is -0.450. The molecule has 7 heteroatoms. The van der Waals surface area contributed by atoms with Crippen LogP contribution in [0.25, 0.3) is 0 Å². The zero-order valence-corrected chi connectivity index (χ0v) is 10.6. The van der Waals surface area contributed by atoms with E-state index in [1.165, 1.54) is 14.0 Å². The largest absolute Gasteiger partial charge is 0.448 e. The standard InChI is InChI=1S/C5H7NO2.C2H3ClO.CH2Cl2/c1-7-6-5-3-2-4-8-5;1-2(3)4;2-1-3/h2,4H,3H2,1H3;1H3;1H2. The molecule has 0 N–H and O–H groups in total. The van der Waals surface area contributed by atoms with E-state index in [9.17, 15) is 4.79 Å². The van der Waals surface area contributed by atoms with Gasteiger partial charge < -0.3 is 9.57 Å². The fraction of sp³-hybridized carbons (Fsp3) is 0.500. The first kappa shape index (κ1) is 17.0. The summed E-state index contributed by atoms with van der Waals surface area (Å²) in [7, 11) is 1.49. The molecule has 1 heterocycles. The van der Waals surface area contributed by atoms with E-state index in [4.69, 9.17) is 27.9 Å². The van der Waals surface area contributed by atoms with E-state index in [0.29, 0.717) is 5.90 Å². The van der Waals surface area contributed by atoms with Gasteiger partial charge in [-0.05, 0) is 17.7 Å². The molecule has 0 unspecified atom stereocenters. The minimum Gasteiger partial charge on any atom is -0.448 e. The summed E-state index contributed by atoms with van der Waals surface area (Å²) >= 11 is 14.2. The highest BCUT2D eigenvalue weighted by atomic mass is 35.5. The molecule has 0 aromatic heterocycles. The number of oxime groups is 1. The normalized spacial score (nSPS) is 14.3. The highest BCUT2D eigenvalue weighted by molar-refractivity contribution is 6.62. The van der Waals surface area contributed by atoms with Crippen LogP contribution in [0.3, 0.4) is 0 Å². The first-order chi connectivity index (χ1) is 7.08. The van der Waals surface area contributed by atoms with Crippen LogP contribution in [0.5, 0.6) is 0 Å². The second-order valence-corrected chi connectivity index (χ2v) is 3.27. The van der Waals surface area contributed by atoms with Gasteiger partial charge in [-0.25, -0.2) is 0 Å². The molecule has 4 nitrogen and oxygen atoms in total. The SMILES string of the molecule is CC(=O)Cl.CON=C1CC=CO1.ClCCl. The van der Waals surface area contributed by atoms with Crippen molar-refractivity contribution in [3.63, 3.8) is 0 Å². The van der Waals surface area contributed by atoms with E-state index < -0.39 is 0 Å². The molecule has 0 aliphatic carbocycles. The molecule has 0 bridgehead atoms. The Bertz CT molecular complexity index is 205. The third kappa shape index (κ3) is 19.8. The number of hydrogen-bond donors (Lipinski definition) is 0. The lowest BCUT2D eigenvalue weighted by Gasteiger charge is -1.91. The number of nitrogens with zero attached hydrogens (tertiary/aromatic N) is 1. The second kappa shape index (κ2) is 13.5. The smallest absolute Gasteiger partial charge is 0.234 e. The molecule has 15 heavy (non-hydrogen) atoms. The van der Waals surface area contributed by atoms with Crippen LogP contribution in [0.2, 0.25) is 0 Å². The molecule has 0 fully saturated rings. The third-order valence-electron chi connectivity index (χ3n) is 0.786. The molecule has 1 rings (SSSR count). The van der Waals surface area contributed by atoms with Crippen LogP contribution in [0.1, 0.15) is 13.3 Å². The Balaban J connectivity index is 0. The van der Waals surface area contributed by atoms with Crippen LogP contribution in [0.15, 0.2) is 17.5 Å². The van der Waals surface area contributed by atoms with Crippen molar-refractivity contribution >= 4 is 45.9 Å². The van der Waals surface area contributed by atoms with E-state index in [1.54, 1.807) is 6.26 Å². The lowest BCUT2D eigenvalue weighted by atomic mass is 10.5. The van der Waals surface area contributed by atoms with Gasteiger partial charge in [0, 0.05) is 13.3 Å². The molecular formula is C8H12Cl3NO3. The van der Waals surface area contributed by atoms with Crippen molar-refractivity contribution in [1.29, 1.82) is 0 Å². The number of ether oxygens (including phenoxy) is 1. The van der Waals surface area contributed by atoms with Gasteiger partial charge >= 0.3 is 0 Å². The first-order valence-electron chi connectivity index (χ1n) is 3.78. The molecule has 0 spiro atoms. The highest BCUT2D eigenvalue weighted by Gasteiger charge is 2.01. The Labute approximate surface area is 104 Å². The zero-order valence-electron chi connectivity index (χ0n) is 8.37. The maximum Gasteiger partial charge on any atom is 0.234 e. The summed E-state index contributed by atoms with van der Waals surface area (Å²) in [6.45, 7) is 1.29. The zero-order chi connectivity index (χ0) is 12.1. The third-order valence-corrected chi connectivity index (χ3v) is 0.786. The van der Waals surface area contributed by atoms with Gasteiger partial charge in [0.25, 0.3) is 0 Å². The summed E-state index contributed by atoms with van der Waals surface area (Å²) in [5.74, 6) is 0.618. The lowest BCUT2D eigenvalue weighted by Crippen LogP contribution is -1.92. The Morgan fingerprint density at radius 3 is 2.40 bits per heavy atom. The molecule has 0 radical (unpaired) electrons. The monoisotopic (exact) mass is 275 g/mol. The van der Waals surface area contributed by atoms with Crippen LogP contribution >= 0.6 is 34.8 Å². The summed E-state index contributed by atoms with van der Waals surface area (Å²) in [5, 5.41) is 3.39. The molecular weight excluding hydrogens is 264 g/mol. The molecule has 1 aliphatic rings. The van der Waals surface area contributed by atoms with E-state index in [-0.39, 0.29) is 10.6 Å². The number of carbonyl (C=O) groups is 1. The number of halogens is 3. The van der Waals surface area contributed by atoms with Crippen molar-refractivity contribution in [3.05, 3.63) is 12.3 Å². The molecule has 88 valence electrons. The first-order valence-corrected chi connectivity index (χ1v) is 5.22. The van der Waals surface area contributed by atoms with Gasteiger partial charge in [-0.2, -0.15) is 0 Å². The summed E-state index contributed by atoms with van der Waals surface area (Å²) < 4.78 is 4.84. The van der Waals surface area contributed by atoms with E-state index in [1.807, 2.05) is 6.08 Å². The van der Waals surface area contributed by atoms with E-state index in [2.05, 4.69) is 21.6 Å². The van der Waals surface area contributed by atoms with Crippen LogP contribution in [0.4, 0.5) is 0 Å². The molecule has 0 aromatic carbocycles. The molecule has 0 atom stereocenters. The predicted octanol–water partition coefficient (Wildman–Crippen LogP) is 3.07. The predicted molar refractivity (Wildman–Crippen MR) is 62.4 cm³/mol. The van der Waals surface area contributed by atoms with Crippen molar-refractivity contribution in [2.45, 2.75) is 13.3 Å². The topological polar surface area (TPSA) is 47.9 Å². The summed E-state index contributed by atoms with van der Waals surface area (Å²) in [5.41, 5.74) is 0. The Kier molecular flexibility index (Phi) is 15.3. The summed E-state index contributed by atoms with van der Waals surface area (Å²) in [6, 6.07) is 0. The fourth-order valence-corrected chi connectivity index (χ4v) is 0.484. The van der Waals surface area contributed by atoms with Gasteiger partial charge in [-0.3, -0.25) is 4.79 Å². The van der Waals surface area contributed by atoms with Gasteiger partial charge in [-0.1, -0.05) is 5.16 Å². The van der Waals surface area contributed by atoms with Gasteiger partial charge in [0.1, 0.15) is 7.11 Å². The number of alkyl halides is 2. The van der Waals surface area contributed by atoms with Crippen LogP contribution in [-0.2, 0) is 14.4 Å². The van der Waals surface area contributed by atoms with Gasteiger partial charge in [0.05, 0.1) is 11.6 Å². The van der Waals surface area contributed by atoms with Crippen LogP contribution in [-0.4, -0.2) is 23.6 Å². The average Bonchev–Trinajstić information content (AvgIpc) is 2.57. The molecule has 0 saturated heterocycles. The molecule has 1 aliphatic heterocycles. The summed E-state index contributed by atoms with van der Waals surface area (Å²) in [6.07, 6.45) is 4.21. The maximum absolute atomic E-state index is 9.21. The van der Waals surface area contributed by atoms with E-state index in [0.717, 1.165) is 6.42 Å². The minimum atomic E-state index is -0.361. The minimum absolute atomic E-state index is 0.194. The van der Waals surface area contributed by atoms with Crippen LogP contribution in [0, 0.1) is 0 Å². The fourth-order valence-electron chi connectivity index (χ4n) is 0.484. The molecule has 0 saturated carbocycles. The lowest BCUT2D eigenvalue weighted by molar-refractivity contribution is -0.109. The van der Waals surface area contributed by atoms with Gasteiger partial charge in [0.15, 0.2) is 0 Å².